The van der Waals surface area contributed by atoms with Crippen molar-refractivity contribution in [1.82, 2.24) is 0 Å². The Kier molecular flexibility index (Phi) is 12.4. The maximum atomic E-state index is 13.4. The van der Waals surface area contributed by atoms with Crippen LogP contribution < -0.4 is 5.73 Å². The molecular formula is C31H34NO12P. The molecule has 45 heavy (non-hydrogen) atoms. The van der Waals surface area contributed by atoms with E-state index in [0.29, 0.717) is 0 Å². The number of phosphoric acid groups is 1. The Morgan fingerprint density at radius 2 is 1.11 bits per heavy atom. The average molecular weight is 644 g/mol. The van der Waals surface area contributed by atoms with Crippen LogP contribution in [0.5, 0.6) is 0 Å². The molecule has 0 spiro atoms. The second-order valence-corrected chi connectivity index (χ2v) is 11.4. The Bertz CT molecular complexity index is 1430. The number of carbonyl (C=O) groups excluding carboxylic acids is 3. The topological polar surface area (TPSA) is 168 Å². The summed E-state index contributed by atoms with van der Waals surface area (Å²) in [6.45, 7) is -0.545. The van der Waals surface area contributed by atoms with Gasteiger partial charge >= 0.3 is 25.7 Å². The molecule has 0 unspecified atom stereocenters. The molecule has 1 fully saturated rings. The van der Waals surface area contributed by atoms with Crippen molar-refractivity contribution >= 4 is 25.7 Å². The lowest BCUT2D eigenvalue weighted by Gasteiger charge is -2.44. The summed E-state index contributed by atoms with van der Waals surface area (Å²) in [5.41, 5.74) is 6.21. The first-order valence-electron chi connectivity index (χ1n) is 13.9. The highest BCUT2D eigenvalue weighted by Gasteiger charge is 2.53. The summed E-state index contributed by atoms with van der Waals surface area (Å²) in [4.78, 5) is 40.1. The Balaban J connectivity index is 1.77. The van der Waals surface area contributed by atoms with Crippen LogP contribution in [0.3, 0.4) is 0 Å². The fourth-order valence-electron chi connectivity index (χ4n) is 4.37. The van der Waals surface area contributed by atoms with Gasteiger partial charge in [0.25, 0.3) is 0 Å². The van der Waals surface area contributed by atoms with E-state index < -0.39 is 63.0 Å². The quantitative estimate of drug-likeness (QED) is 0.153. The van der Waals surface area contributed by atoms with E-state index in [0.717, 1.165) is 14.2 Å². The lowest BCUT2D eigenvalue weighted by Crippen LogP contribution is -2.63. The minimum atomic E-state index is -4.05. The number of esters is 3. The molecule has 4 rings (SSSR count). The first kappa shape index (κ1) is 33.9. The van der Waals surface area contributed by atoms with Gasteiger partial charge in [0.1, 0.15) is 6.10 Å². The van der Waals surface area contributed by atoms with Crippen LogP contribution in [0.4, 0.5) is 0 Å². The first-order valence-corrected chi connectivity index (χ1v) is 15.4. The Labute approximate surface area is 260 Å². The highest BCUT2D eigenvalue weighted by Crippen LogP contribution is 2.48. The van der Waals surface area contributed by atoms with E-state index in [9.17, 15) is 18.9 Å². The van der Waals surface area contributed by atoms with Crippen LogP contribution in [0.25, 0.3) is 0 Å². The predicted molar refractivity (Wildman–Crippen MR) is 158 cm³/mol. The molecule has 0 amide bonds. The molecule has 240 valence electrons. The van der Waals surface area contributed by atoms with Gasteiger partial charge in [0.2, 0.25) is 0 Å². The fourth-order valence-corrected chi connectivity index (χ4v) is 5.06. The molecule has 0 saturated carbocycles. The van der Waals surface area contributed by atoms with Crippen LogP contribution in [-0.4, -0.2) is 82.6 Å². The third-order valence-electron chi connectivity index (χ3n) is 6.59. The van der Waals surface area contributed by atoms with Crippen molar-refractivity contribution in [2.24, 2.45) is 5.73 Å². The third kappa shape index (κ3) is 9.05. The monoisotopic (exact) mass is 643 g/mol. The summed E-state index contributed by atoms with van der Waals surface area (Å²) in [6.07, 6.45) is -7.19. The van der Waals surface area contributed by atoms with Gasteiger partial charge in [0.05, 0.1) is 29.9 Å². The van der Waals surface area contributed by atoms with Crippen molar-refractivity contribution in [2.75, 3.05) is 34.0 Å². The Hall–Kier alpha value is -3.94. The highest BCUT2D eigenvalue weighted by molar-refractivity contribution is 7.48. The van der Waals surface area contributed by atoms with E-state index in [1.165, 1.54) is 36.4 Å². The van der Waals surface area contributed by atoms with Crippen molar-refractivity contribution in [3.63, 3.8) is 0 Å². The number of nitrogens with two attached hydrogens (primary N) is 1. The van der Waals surface area contributed by atoms with Crippen LogP contribution in [0.2, 0.25) is 0 Å². The molecular weight excluding hydrogens is 609 g/mol. The molecule has 1 aliphatic heterocycles. The summed E-state index contributed by atoms with van der Waals surface area (Å²) < 4.78 is 57.5. The van der Waals surface area contributed by atoms with E-state index in [4.69, 9.17) is 43.0 Å². The fraction of sp³-hybridized carbons (Fsp3) is 0.323. The van der Waals surface area contributed by atoms with Gasteiger partial charge < -0.3 is 29.4 Å². The van der Waals surface area contributed by atoms with Crippen LogP contribution in [0, 0.1) is 0 Å². The van der Waals surface area contributed by atoms with Crippen LogP contribution in [0.1, 0.15) is 31.1 Å². The van der Waals surface area contributed by atoms with Gasteiger partial charge in [-0.2, -0.15) is 0 Å². The number of ether oxygens (including phenoxy) is 5. The van der Waals surface area contributed by atoms with Gasteiger partial charge in [-0.15, -0.1) is 0 Å². The lowest BCUT2D eigenvalue weighted by molar-refractivity contribution is -0.297. The van der Waals surface area contributed by atoms with E-state index in [1.807, 2.05) is 0 Å². The number of benzene rings is 3. The van der Waals surface area contributed by atoms with Crippen LogP contribution in [0.15, 0.2) is 91.0 Å². The smallest absolute Gasteiger partial charge is 0.452 e. The van der Waals surface area contributed by atoms with Crippen LogP contribution >= 0.6 is 7.82 Å². The van der Waals surface area contributed by atoms with E-state index >= 15 is 0 Å². The zero-order valence-corrected chi connectivity index (χ0v) is 25.5. The summed E-state index contributed by atoms with van der Waals surface area (Å²) in [6, 6.07) is 24.1. The third-order valence-corrected chi connectivity index (χ3v) is 7.95. The molecule has 1 saturated heterocycles. The maximum absolute atomic E-state index is 13.4. The second-order valence-electron chi connectivity index (χ2n) is 9.52. The number of hydrogen-bond acceptors (Lipinski definition) is 13. The van der Waals surface area contributed by atoms with Crippen molar-refractivity contribution in [2.45, 2.75) is 30.7 Å². The molecule has 3 aromatic rings. The number of carbonyl (C=O) groups is 3. The number of hydrogen-bond donors (Lipinski definition) is 1. The van der Waals surface area contributed by atoms with Gasteiger partial charge in [-0.05, 0) is 36.4 Å². The molecule has 13 nitrogen and oxygen atoms in total. The van der Waals surface area contributed by atoms with Gasteiger partial charge in [0, 0.05) is 20.8 Å². The van der Waals surface area contributed by atoms with Gasteiger partial charge in [-0.1, -0.05) is 54.6 Å². The van der Waals surface area contributed by atoms with E-state index in [2.05, 4.69) is 0 Å². The largest absolute Gasteiger partial charge is 0.474 e. The minimum Gasteiger partial charge on any atom is -0.452 e. The Morgan fingerprint density at radius 1 is 0.689 bits per heavy atom. The molecule has 0 aromatic heterocycles. The van der Waals surface area contributed by atoms with E-state index in [1.54, 1.807) is 54.6 Å². The summed E-state index contributed by atoms with van der Waals surface area (Å²) >= 11 is 0. The Morgan fingerprint density at radius 3 is 1.53 bits per heavy atom. The molecule has 0 bridgehead atoms. The van der Waals surface area contributed by atoms with Crippen molar-refractivity contribution in [1.29, 1.82) is 0 Å². The molecule has 5 atom stereocenters. The summed E-state index contributed by atoms with van der Waals surface area (Å²) in [5, 5.41) is 0. The van der Waals surface area contributed by atoms with Crippen molar-refractivity contribution in [3.8, 4) is 0 Å². The molecule has 0 radical (unpaired) electrons. The molecule has 1 heterocycles. The lowest BCUT2D eigenvalue weighted by atomic mass is 9.97. The number of rotatable bonds is 14. The van der Waals surface area contributed by atoms with Crippen molar-refractivity contribution < 1.29 is 56.2 Å². The molecule has 3 aromatic carbocycles. The zero-order valence-electron chi connectivity index (χ0n) is 24.6. The molecule has 0 aliphatic carbocycles. The van der Waals surface area contributed by atoms with Crippen LogP contribution in [-0.2, 0) is 41.8 Å². The van der Waals surface area contributed by atoms with Gasteiger partial charge in [0.15, 0.2) is 24.6 Å². The molecule has 14 heteroatoms. The molecule has 1 aliphatic rings. The first-order chi connectivity index (χ1) is 21.8. The van der Waals surface area contributed by atoms with E-state index in [-0.39, 0.29) is 29.8 Å². The summed E-state index contributed by atoms with van der Waals surface area (Å²) in [7, 11) is -1.81. The summed E-state index contributed by atoms with van der Waals surface area (Å²) in [5.74, 6) is -2.43. The standard InChI is InChI=1S/C31H34NO12P/c1-37-45(36,38-2)40-20-24-25(42-28(33)21-12-6-3-7-13-21)26(43-29(34)22-14-8-4-9-15-22)27(31(41-24)39-19-18-32)44-30(35)23-16-10-5-11-17-23/h3-17,24-27,31H,18-20,32H2,1-2H3/t24-,25-,26+,27+,31+/m1/s1. The maximum Gasteiger partial charge on any atom is 0.474 e. The minimum absolute atomic E-state index is 0.0555. The predicted octanol–water partition coefficient (Wildman–Crippen LogP) is 3.78. The second kappa shape index (κ2) is 16.4. The average Bonchev–Trinajstić information content (AvgIpc) is 3.09. The van der Waals surface area contributed by atoms with Gasteiger partial charge in [-0.25, -0.2) is 18.9 Å². The highest BCUT2D eigenvalue weighted by atomic mass is 31.2. The van der Waals surface area contributed by atoms with Gasteiger partial charge in [-0.3, -0.25) is 13.6 Å². The zero-order chi connectivity index (χ0) is 32.2. The molecule has 2 N–H and O–H groups in total. The normalized spacial score (nSPS) is 21.4. The SMILES string of the molecule is COP(=O)(OC)OC[C@H]1O[C@H](OCCN)[C@@H](OC(=O)c2ccccc2)[C@@H](OC(=O)c2ccccc2)[C@@H]1OC(=O)c1ccccc1. The number of phosphoric ester groups is 1. The van der Waals surface area contributed by atoms with Crippen molar-refractivity contribution in [3.05, 3.63) is 108 Å².